The molecule has 0 heterocycles. The molecular formula is C85H158O24P2. The number of hydrogen-bond donors (Lipinski definition) is 0. The van der Waals surface area contributed by atoms with Crippen LogP contribution in [-0.4, -0.2) is 132 Å². The van der Waals surface area contributed by atoms with E-state index in [1.807, 2.05) is 0 Å². The van der Waals surface area contributed by atoms with Crippen molar-refractivity contribution in [3.63, 3.8) is 0 Å². The van der Waals surface area contributed by atoms with Gasteiger partial charge in [-0.05, 0) is 25.7 Å². The fraction of sp³-hybridized carbons (Fsp3) is 0.906. The Balaban J connectivity index is 7.43. The Hall–Kier alpha value is -4.02. The maximum absolute atomic E-state index is 15.3. The van der Waals surface area contributed by atoms with Crippen LogP contribution in [-0.2, 0) is 113 Å². The van der Waals surface area contributed by atoms with Crippen molar-refractivity contribution in [3.8, 4) is 0 Å². The molecule has 0 aromatic carbocycles. The van der Waals surface area contributed by atoms with E-state index in [4.69, 9.17) is 65.0 Å². The van der Waals surface area contributed by atoms with E-state index < -0.39 is 171 Å². The number of phosphoric acid groups is 2. The highest BCUT2D eigenvalue weighted by atomic mass is 31.2. The van der Waals surface area contributed by atoms with Crippen LogP contribution in [0.3, 0.4) is 0 Å². The Kier molecular flexibility index (Phi) is 69.8. The molecule has 0 saturated carbocycles. The minimum Gasteiger partial charge on any atom is -0.462 e. The summed E-state index contributed by atoms with van der Waals surface area (Å²) in [6, 6.07) is 0. The first-order valence-electron chi connectivity index (χ1n) is 43.8. The van der Waals surface area contributed by atoms with Crippen molar-refractivity contribution in [2.45, 2.75) is 416 Å². The first kappa shape index (κ1) is 107. The lowest BCUT2D eigenvalue weighted by atomic mass is 10.1. The summed E-state index contributed by atoms with van der Waals surface area (Å²) in [4.78, 5) is 106. The number of ether oxygens (including phenoxy) is 8. The molecule has 0 aliphatic carbocycles. The van der Waals surface area contributed by atoms with Gasteiger partial charge in [0, 0.05) is 25.7 Å². The molecule has 0 saturated heterocycles. The van der Waals surface area contributed by atoms with E-state index in [2.05, 4.69) is 27.7 Å². The summed E-state index contributed by atoms with van der Waals surface area (Å²) < 4.78 is 111. The van der Waals surface area contributed by atoms with Crippen LogP contribution in [0.2, 0.25) is 0 Å². The van der Waals surface area contributed by atoms with Gasteiger partial charge in [0.15, 0.2) is 31.2 Å². The van der Waals surface area contributed by atoms with Crippen LogP contribution in [0.15, 0.2) is 0 Å². The van der Waals surface area contributed by atoms with Gasteiger partial charge in [-0.1, -0.05) is 340 Å². The zero-order valence-electron chi connectivity index (χ0n) is 71.6. The first-order chi connectivity index (χ1) is 53.3. The molecule has 0 aromatic heterocycles. The third kappa shape index (κ3) is 65.8. The average molecular weight is 1630 g/mol. The predicted octanol–water partition coefficient (Wildman–Crippen LogP) is 22.5. The van der Waals surface area contributed by atoms with Crippen LogP contribution < -0.4 is 0 Å². The molecule has 0 aliphatic heterocycles. The summed E-state index contributed by atoms with van der Waals surface area (Å²) in [5.41, 5.74) is 0. The van der Waals surface area contributed by atoms with Crippen molar-refractivity contribution >= 4 is 63.4 Å². The minimum atomic E-state index is -5.23. The third-order valence-corrected chi connectivity index (χ3v) is 21.5. The van der Waals surface area contributed by atoms with E-state index in [0.29, 0.717) is 25.7 Å². The zero-order valence-corrected chi connectivity index (χ0v) is 73.4. The lowest BCUT2D eigenvalue weighted by Gasteiger charge is -2.26. The van der Waals surface area contributed by atoms with Crippen LogP contribution in [0.25, 0.3) is 0 Å². The number of esters is 8. The van der Waals surface area contributed by atoms with E-state index in [9.17, 15) is 38.4 Å². The molecule has 0 aromatic rings. The Morgan fingerprint density at radius 3 is 0.622 bits per heavy atom. The summed E-state index contributed by atoms with van der Waals surface area (Å²) in [5, 5.41) is 0. The van der Waals surface area contributed by atoms with Crippen LogP contribution in [0.4, 0.5) is 0 Å². The SMILES string of the molecule is CCCCCCCCCCCCCC(=O)OC[C@H](COP(=O)(OCOP(=O)(OCC(COC(=O)C(C)C)OC(=O)C(C)C)OC[C@@H](COC(=O)CCCCCCCCCCCCC)OC(=O)CCCCCCCCCCCCC)OCC(COC(=O)C(C)C)OC(=O)C(C)C)OC(=O)CCCCCCCCCCCCC. The summed E-state index contributed by atoms with van der Waals surface area (Å²) in [5.74, 6) is -7.82. The van der Waals surface area contributed by atoms with Gasteiger partial charge in [0.25, 0.3) is 0 Å². The number of hydrogen-bond acceptors (Lipinski definition) is 24. The molecule has 0 fully saturated rings. The molecule has 0 radical (unpaired) electrons. The van der Waals surface area contributed by atoms with Gasteiger partial charge in [0.1, 0.15) is 26.4 Å². The monoisotopic (exact) mass is 1630 g/mol. The molecule has 0 bridgehead atoms. The third-order valence-electron chi connectivity index (χ3n) is 18.8. The lowest BCUT2D eigenvalue weighted by molar-refractivity contribution is -0.165. The van der Waals surface area contributed by atoms with E-state index in [1.54, 1.807) is 55.4 Å². The van der Waals surface area contributed by atoms with E-state index in [1.165, 1.54) is 141 Å². The largest absolute Gasteiger partial charge is 0.477 e. The van der Waals surface area contributed by atoms with Gasteiger partial charge in [-0.25, -0.2) is 9.13 Å². The standard InChI is InChI=1S/C85H158O24P2/c1-13-17-21-25-29-33-37-41-45-49-53-57-78(86)96-61-74(106-80(88)59-55-51-47-43-39-35-31-27-23-19-15-3)65-100-110(94,102-67-76(108-84(92)72(9)10)63-98-82(90)70(5)6)104-69-105-111(95,103-68-77(109-85(93)73(11)12)64-99-83(91)71(7)8)101-66-75(107-81(89)60-56-52-48-44-40-36-32-28-24-20-16-4)62-97-79(87)58-54-50-46-42-38-34-30-26-22-18-14-2/h70-77H,13-69H2,1-12H3/t74-,75-,76?,77?,110?,111?/m1/s1. The van der Waals surface area contributed by atoms with E-state index in [0.717, 1.165) is 116 Å². The second-order valence-electron chi connectivity index (χ2n) is 31.2. The summed E-state index contributed by atoms with van der Waals surface area (Å²) >= 11 is 0. The second-order valence-corrected chi connectivity index (χ2v) is 34.5. The highest BCUT2D eigenvalue weighted by Gasteiger charge is 2.38. The van der Waals surface area contributed by atoms with Crippen molar-refractivity contribution < 1.29 is 113 Å². The summed E-state index contributed by atoms with van der Waals surface area (Å²) in [6.45, 7) is 14.6. The maximum Gasteiger partial charge on any atom is 0.477 e. The fourth-order valence-corrected chi connectivity index (χ4v) is 13.9. The fourth-order valence-electron chi connectivity index (χ4n) is 11.6. The molecule has 0 N–H and O–H groups in total. The smallest absolute Gasteiger partial charge is 0.462 e. The number of carbonyl (C=O) groups is 8. The molecule has 0 amide bonds. The predicted molar refractivity (Wildman–Crippen MR) is 433 cm³/mol. The minimum absolute atomic E-state index is 0.00496. The summed E-state index contributed by atoms with van der Waals surface area (Å²) in [6.07, 6.45) is 41.2. The Morgan fingerprint density at radius 1 is 0.216 bits per heavy atom. The highest BCUT2D eigenvalue weighted by molar-refractivity contribution is 7.49. The van der Waals surface area contributed by atoms with Crippen molar-refractivity contribution in [1.82, 2.24) is 0 Å². The van der Waals surface area contributed by atoms with Crippen LogP contribution >= 0.6 is 15.6 Å². The van der Waals surface area contributed by atoms with Gasteiger partial charge in [-0.3, -0.25) is 65.5 Å². The van der Waals surface area contributed by atoms with Crippen LogP contribution in [0, 0.1) is 23.7 Å². The van der Waals surface area contributed by atoms with Crippen LogP contribution in [0.1, 0.15) is 391 Å². The van der Waals surface area contributed by atoms with Crippen molar-refractivity contribution in [1.29, 1.82) is 0 Å². The number of carbonyl (C=O) groups excluding carboxylic acids is 8. The Labute approximate surface area is 671 Å². The quantitative estimate of drug-likeness (QED) is 0.0180. The van der Waals surface area contributed by atoms with Gasteiger partial charge >= 0.3 is 63.4 Å². The van der Waals surface area contributed by atoms with Gasteiger partial charge < -0.3 is 37.9 Å². The zero-order chi connectivity index (χ0) is 82.4. The van der Waals surface area contributed by atoms with Gasteiger partial charge in [-0.2, -0.15) is 0 Å². The van der Waals surface area contributed by atoms with Crippen molar-refractivity contribution in [2.24, 2.45) is 23.7 Å². The van der Waals surface area contributed by atoms with E-state index >= 15 is 9.13 Å². The average Bonchev–Trinajstić information content (AvgIpc) is 0.857. The molecular weight excluding hydrogens is 1470 g/mol. The normalized spacial score (nSPS) is 13.8. The van der Waals surface area contributed by atoms with Crippen molar-refractivity contribution in [3.05, 3.63) is 0 Å². The molecule has 652 valence electrons. The van der Waals surface area contributed by atoms with Crippen LogP contribution in [0.5, 0.6) is 0 Å². The highest BCUT2D eigenvalue weighted by Crippen LogP contribution is 2.54. The molecule has 24 nitrogen and oxygen atoms in total. The molecule has 0 aliphatic rings. The maximum atomic E-state index is 15.3. The van der Waals surface area contributed by atoms with E-state index in [-0.39, 0.29) is 25.7 Å². The number of rotatable bonds is 80. The molecule has 6 atom stereocenters. The molecule has 0 spiro atoms. The van der Waals surface area contributed by atoms with Gasteiger partial charge in [-0.15, -0.1) is 0 Å². The van der Waals surface area contributed by atoms with Gasteiger partial charge in [0.05, 0.1) is 50.1 Å². The Morgan fingerprint density at radius 2 is 0.405 bits per heavy atom. The second kappa shape index (κ2) is 72.4. The number of phosphoric ester groups is 2. The number of unbranched alkanes of at least 4 members (excludes halogenated alkanes) is 40. The summed E-state index contributed by atoms with van der Waals surface area (Å²) in [7, 11) is -10.5. The topological polar surface area (TPSA) is 300 Å². The molecule has 26 heteroatoms. The van der Waals surface area contributed by atoms with Gasteiger partial charge in [0.2, 0.25) is 0 Å². The lowest BCUT2D eigenvalue weighted by Crippen LogP contribution is -2.33. The molecule has 4 unspecified atom stereocenters. The Bertz CT molecular complexity index is 2280. The molecule has 0 rings (SSSR count). The first-order valence-corrected chi connectivity index (χ1v) is 46.8. The van der Waals surface area contributed by atoms with Crippen molar-refractivity contribution in [2.75, 3.05) is 59.6 Å². The molecule has 111 heavy (non-hydrogen) atoms.